The van der Waals surface area contributed by atoms with Crippen molar-refractivity contribution in [2.24, 2.45) is 0 Å². The molecule has 18 heteroatoms. The average Bonchev–Trinajstić information content (AvgIpc) is 3.15. The van der Waals surface area contributed by atoms with Gasteiger partial charge in [-0.3, -0.25) is 20.2 Å². The topological polar surface area (TPSA) is 229 Å². The fraction of sp³-hybridized carbons (Fsp3) is 0.333. The molecule has 0 radical (unpaired) electrons. The van der Waals surface area contributed by atoms with Gasteiger partial charge in [-0.25, -0.2) is 0 Å². The van der Waals surface area contributed by atoms with Crippen molar-refractivity contribution in [3.63, 3.8) is 0 Å². The Morgan fingerprint density at radius 2 is 0.556 bits per heavy atom. The zero-order valence-corrected chi connectivity index (χ0v) is 40.5. The molecule has 0 bridgehead atoms. The van der Waals surface area contributed by atoms with Crippen molar-refractivity contribution in [2.75, 3.05) is 0 Å². The van der Waals surface area contributed by atoms with E-state index in [-0.39, 0.29) is 101 Å². The van der Waals surface area contributed by atoms with Crippen LogP contribution in [0, 0.1) is 123 Å². The van der Waals surface area contributed by atoms with Crippen LogP contribution < -0.4 is 0 Å². The van der Waals surface area contributed by atoms with Crippen LogP contribution in [0.1, 0.15) is 66.8 Å². The van der Waals surface area contributed by atoms with E-state index in [0.29, 0.717) is 0 Å². The molecule has 0 heterocycles. The molecule has 0 fully saturated rings. The molecule has 0 aliphatic carbocycles. The molecule has 0 aromatic heterocycles. The van der Waals surface area contributed by atoms with Crippen LogP contribution in [0.25, 0.3) is 0 Å². The van der Waals surface area contributed by atoms with Gasteiger partial charge < -0.3 is 0 Å². The zero-order chi connectivity index (χ0) is 40.8. The van der Waals surface area contributed by atoms with Crippen molar-refractivity contribution < 1.29 is 9.85 Å². The molecule has 12 nitrogen and oxygen atoms in total. The summed E-state index contributed by atoms with van der Waals surface area (Å²) in [5, 5.41) is 78.5. The van der Waals surface area contributed by atoms with E-state index >= 15 is 0 Å². The van der Waals surface area contributed by atoms with E-state index < -0.39 is 9.85 Å². The Bertz CT molecular complexity index is 1720. The molecule has 0 aliphatic heterocycles. The van der Waals surface area contributed by atoms with Gasteiger partial charge in [-0.15, -0.1) is 0 Å². The molecule has 0 amide bonds. The van der Waals surface area contributed by atoms with Crippen LogP contribution in [0.2, 0.25) is 0 Å². The first-order valence-corrected chi connectivity index (χ1v) is 27.8. The summed E-state index contributed by atoms with van der Waals surface area (Å²) in [5.74, 6) is 0. The minimum atomic E-state index is -0.607. The van der Waals surface area contributed by atoms with Crippen LogP contribution in [-0.4, -0.2) is 99.6 Å². The Labute approximate surface area is 353 Å². The Morgan fingerprint density at radius 3 is 0.667 bits per heavy atom. The normalized spacial score (nSPS) is 9.63. The third-order valence-electron chi connectivity index (χ3n) is 8.39. The summed E-state index contributed by atoms with van der Waals surface area (Å²) >= 11 is -0.250. The molecule has 278 valence electrons. The Hall–Kier alpha value is -3.48. The van der Waals surface area contributed by atoms with Gasteiger partial charge in [0.05, 0.1) is 9.85 Å². The van der Waals surface area contributed by atoms with Crippen LogP contribution in [0.4, 0.5) is 11.4 Å². The zero-order valence-electron chi connectivity index (χ0n) is 30.2. The van der Waals surface area contributed by atoms with Crippen molar-refractivity contribution in [3.8, 4) is 29.8 Å². The molecule has 0 saturated carbocycles. The summed E-state index contributed by atoms with van der Waals surface area (Å²) in [6.07, 6.45) is 0. The van der Waals surface area contributed by atoms with Crippen molar-refractivity contribution in [1.29, 1.82) is 31.6 Å². The maximum atomic E-state index is 10.1. The number of nitrogens with zero attached hydrogens (tertiary/aromatic N) is 8. The van der Waals surface area contributed by atoms with Crippen molar-refractivity contribution >= 4 is 101 Å². The van der Waals surface area contributed by atoms with Gasteiger partial charge in [-0.1, -0.05) is 0 Å². The summed E-state index contributed by atoms with van der Waals surface area (Å²) in [6.45, 7) is 12.7. The van der Waals surface area contributed by atoms with E-state index in [1.165, 1.54) is 66.8 Å². The maximum absolute atomic E-state index is 10.1. The number of nitriles is 6. The van der Waals surface area contributed by atoms with Gasteiger partial charge in [0, 0.05) is 24.3 Å². The predicted octanol–water partition coefficient (Wildman–Crippen LogP) is 4.84. The molecular formula is C36H34N8O4Se6. The second-order valence-electron chi connectivity index (χ2n) is 10.9. The van der Waals surface area contributed by atoms with Crippen LogP contribution in [0.15, 0.2) is 24.3 Å². The molecule has 3 aromatic carbocycles. The summed E-state index contributed by atoms with van der Waals surface area (Å²) in [7, 11) is 0. The Morgan fingerprint density at radius 1 is 0.407 bits per heavy atom. The van der Waals surface area contributed by atoms with E-state index in [2.05, 4.69) is 71.3 Å². The number of non-ortho nitro benzene ring substituents is 2. The number of rotatable bonds is 14. The van der Waals surface area contributed by atoms with Gasteiger partial charge in [-0.05, 0) is 0 Å². The third-order valence-corrected chi connectivity index (χ3v) is 15.5. The monoisotopic (exact) mass is 1120 g/mol. The van der Waals surface area contributed by atoms with E-state index in [9.17, 15) is 20.2 Å². The maximum Gasteiger partial charge on any atom is 0.269 e. The summed E-state index contributed by atoms with van der Waals surface area (Å²) < 4.78 is 0. The molecule has 0 saturated heterocycles. The van der Waals surface area contributed by atoms with Gasteiger partial charge in [-0.2, -0.15) is 0 Å². The smallest absolute Gasteiger partial charge is 0.258 e. The number of hydrogen-bond acceptors (Lipinski definition) is 10. The number of benzene rings is 3. The van der Waals surface area contributed by atoms with Crippen molar-refractivity contribution in [2.45, 2.75) is 73.5 Å². The third kappa shape index (κ3) is 14.6. The molecule has 0 atom stereocenters. The number of hydrogen-bond donors (Lipinski definition) is 0. The van der Waals surface area contributed by atoms with E-state index in [0.717, 1.165) is 56.2 Å². The fourth-order valence-electron chi connectivity index (χ4n) is 5.40. The van der Waals surface area contributed by atoms with Crippen LogP contribution >= 0.6 is 0 Å². The van der Waals surface area contributed by atoms with Gasteiger partial charge in [0.25, 0.3) is 11.4 Å². The first-order chi connectivity index (χ1) is 25.8. The molecule has 54 heavy (non-hydrogen) atoms. The molecule has 3 rings (SSSR count). The van der Waals surface area contributed by atoms with Gasteiger partial charge in [0.1, 0.15) is 0 Å². The van der Waals surface area contributed by atoms with Crippen molar-refractivity contribution in [3.05, 3.63) is 111 Å². The predicted molar refractivity (Wildman–Crippen MR) is 211 cm³/mol. The molecular weight excluding hydrogens is 1080 g/mol. The van der Waals surface area contributed by atoms with Gasteiger partial charge in [0.2, 0.25) is 0 Å². The molecule has 3 aromatic rings. The molecule has 0 N–H and O–H groups in total. The van der Waals surface area contributed by atoms with E-state index in [1.807, 2.05) is 0 Å². The number of nitro benzene ring substituents is 2. The first-order valence-electron chi connectivity index (χ1n) is 15.4. The van der Waals surface area contributed by atoms with E-state index in [1.54, 1.807) is 0 Å². The second kappa shape index (κ2) is 26.3. The Kier molecular flexibility index (Phi) is 23.7. The standard InChI is InChI=1S/2C15H15N3Se3.C6H4N2O4/c2*1-10-13(4-19-7-16)11(2)15(6-21-9-18)12(3)14(10)5-20-8-17;9-7(10)5-1-2-6(4-3-5)8(11)12/h2*4-6H2,1-3H3;1-4H. The first kappa shape index (κ1) is 48.5. The number of nitro groups is 2. The van der Waals surface area contributed by atoms with Crippen molar-refractivity contribution in [1.82, 2.24) is 0 Å². The SMILES string of the molecule is Cc1c(C[Se]C#N)c(C)c(C[Se]C#N)c(C)c1C[Se]C#N.Cc1c(C[Se]C#N)c(C)c(C[Se]C#N)c(C)c1C[Se]C#N.O=[N+]([O-])c1ccc([N+](=O)[O-])cc1. The van der Waals surface area contributed by atoms with Crippen LogP contribution in [0.3, 0.4) is 0 Å². The molecule has 0 unspecified atom stereocenters. The fourth-order valence-corrected chi connectivity index (χ4v) is 13.5. The Balaban J connectivity index is 0.000000421. The average molecular weight is 1120 g/mol. The largest absolute Gasteiger partial charge is 0.269 e. The summed E-state index contributed by atoms with van der Waals surface area (Å²) in [6, 6.07) is 4.38. The summed E-state index contributed by atoms with van der Waals surface area (Å²) in [5.41, 5.74) is 14.9. The minimum absolute atomic E-state index is 0.0416. The second-order valence-corrected chi connectivity index (χ2v) is 20.5. The minimum Gasteiger partial charge on any atom is -0.258 e. The molecule has 0 aliphatic rings. The molecule has 0 spiro atoms. The van der Waals surface area contributed by atoms with Gasteiger partial charge in [0.15, 0.2) is 0 Å². The quantitative estimate of drug-likeness (QED) is 0.121. The van der Waals surface area contributed by atoms with E-state index in [4.69, 9.17) is 31.6 Å². The van der Waals surface area contributed by atoms with Crippen LogP contribution in [-0.2, 0) is 31.9 Å². The van der Waals surface area contributed by atoms with Crippen LogP contribution in [0.5, 0.6) is 0 Å². The summed E-state index contributed by atoms with van der Waals surface area (Å²) in [4.78, 5) is 32.7. The van der Waals surface area contributed by atoms with Gasteiger partial charge >= 0.3 is 291 Å².